The van der Waals surface area contributed by atoms with Gasteiger partial charge in [0.2, 0.25) is 15.9 Å². The molecule has 3 N–H and O–H groups in total. The number of hydrogen-bond donors (Lipinski definition) is 2. The van der Waals surface area contributed by atoms with Gasteiger partial charge in [0.05, 0.1) is 23.7 Å². The zero-order chi connectivity index (χ0) is 18.0. The highest BCUT2D eigenvalue weighted by Gasteiger charge is 2.36. The number of likely N-dealkylation sites (tertiary alicyclic amines) is 1. The minimum Gasteiger partial charge on any atom is -0.370 e. The summed E-state index contributed by atoms with van der Waals surface area (Å²) in [6.45, 7) is 2.51. The molecule has 1 atom stereocenters. The van der Waals surface area contributed by atoms with Gasteiger partial charge >= 0.3 is 0 Å². The third kappa shape index (κ3) is 4.24. The first-order chi connectivity index (χ1) is 11.8. The zero-order valence-electron chi connectivity index (χ0n) is 14.4. The van der Waals surface area contributed by atoms with Crippen LogP contribution < -0.4 is 15.4 Å². The van der Waals surface area contributed by atoms with Crippen LogP contribution in [0.5, 0.6) is 0 Å². The summed E-state index contributed by atoms with van der Waals surface area (Å²) in [5.41, 5.74) is 7.00. The maximum atomic E-state index is 11.6. The van der Waals surface area contributed by atoms with E-state index in [1.54, 1.807) is 6.07 Å². The van der Waals surface area contributed by atoms with E-state index in [1.807, 2.05) is 24.6 Å². The lowest BCUT2D eigenvalue weighted by atomic mass is 10.0. The van der Waals surface area contributed by atoms with Crippen LogP contribution in [0.3, 0.4) is 0 Å². The molecule has 137 valence electrons. The smallest absolute Gasteiger partial charge is 0.235 e. The second-order valence-electron chi connectivity index (χ2n) is 6.72. The van der Waals surface area contributed by atoms with Crippen LogP contribution in [0.4, 0.5) is 11.4 Å². The predicted octanol–water partition coefficient (Wildman–Crippen LogP) is 0.791. The number of amides is 1. The van der Waals surface area contributed by atoms with Crippen molar-refractivity contribution in [3.05, 3.63) is 30.7 Å². The van der Waals surface area contributed by atoms with Gasteiger partial charge in [-0.1, -0.05) is 12.1 Å². The number of piperidine rings is 1. The van der Waals surface area contributed by atoms with Crippen LogP contribution in [0.1, 0.15) is 19.3 Å². The lowest BCUT2D eigenvalue weighted by Gasteiger charge is -2.40. The van der Waals surface area contributed by atoms with E-state index in [1.165, 1.54) is 0 Å². The number of carbonyl (C=O) groups excluding carboxylic acids is 1. The number of nitrogens with zero attached hydrogens (tertiary/aromatic N) is 2. The largest absolute Gasteiger partial charge is 0.370 e. The molecule has 1 unspecified atom stereocenters. The number of hydrogen-bond acceptors (Lipinski definition) is 5. The molecule has 2 fully saturated rings. The van der Waals surface area contributed by atoms with Crippen molar-refractivity contribution in [1.29, 1.82) is 0 Å². The van der Waals surface area contributed by atoms with Crippen molar-refractivity contribution in [3.8, 4) is 0 Å². The fourth-order valence-corrected chi connectivity index (χ4v) is 4.39. The maximum Gasteiger partial charge on any atom is 0.235 e. The summed E-state index contributed by atoms with van der Waals surface area (Å²) in [6, 6.07) is 7.53. The van der Waals surface area contributed by atoms with Crippen molar-refractivity contribution in [2.24, 2.45) is 5.73 Å². The number of nitrogens with two attached hydrogens (primary N) is 1. The topological polar surface area (TPSA) is 95.7 Å². The van der Waals surface area contributed by atoms with Crippen molar-refractivity contribution in [2.45, 2.75) is 31.3 Å². The summed E-state index contributed by atoms with van der Waals surface area (Å²) in [5, 5.41) is 0. The van der Waals surface area contributed by atoms with Gasteiger partial charge in [-0.15, -0.1) is 0 Å². The normalized spacial score (nSPS) is 22.9. The van der Waals surface area contributed by atoms with Crippen LogP contribution in [0.25, 0.3) is 0 Å². The van der Waals surface area contributed by atoms with Crippen LogP contribution in [-0.4, -0.2) is 57.2 Å². The maximum absolute atomic E-state index is 11.6. The Bertz CT molecular complexity index is 729. The lowest BCUT2D eigenvalue weighted by Crippen LogP contribution is -2.50. The molecule has 1 aromatic carbocycles. The number of nitrogens with one attached hydrogen (secondary N) is 1. The summed E-state index contributed by atoms with van der Waals surface area (Å²) in [7, 11) is -3.32. The summed E-state index contributed by atoms with van der Waals surface area (Å²) in [4.78, 5) is 16.0. The van der Waals surface area contributed by atoms with E-state index in [2.05, 4.69) is 14.5 Å². The highest BCUT2D eigenvalue weighted by Crippen LogP contribution is 2.31. The third-order valence-corrected chi connectivity index (χ3v) is 5.49. The van der Waals surface area contributed by atoms with Gasteiger partial charge in [-0.05, 0) is 44.4 Å². The van der Waals surface area contributed by atoms with E-state index in [0.29, 0.717) is 11.7 Å². The molecule has 0 bridgehead atoms. The first-order valence-corrected chi connectivity index (χ1v) is 10.4. The Hall–Kier alpha value is -1.80. The number of benzene rings is 1. The lowest BCUT2D eigenvalue weighted by molar-refractivity contribution is -0.122. The quantitative estimate of drug-likeness (QED) is 0.804. The van der Waals surface area contributed by atoms with Gasteiger partial charge in [0.1, 0.15) is 0 Å². The van der Waals surface area contributed by atoms with Crippen LogP contribution in [0.15, 0.2) is 24.3 Å². The number of sulfonamides is 1. The second-order valence-corrected chi connectivity index (χ2v) is 8.47. The molecule has 2 heterocycles. The van der Waals surface area contributed by atoms with Crippen molar-refractivity contribution in [3.63, 3.8) is 0 Å². The van der Waals surface area contributed by atoms with Crippen molar-refractivity contribution in [2.75, 3.05) is 35.5 Å². The van der Waals surface area contributed by atoms with Gasteiger partial charge in [0.25, 0.3) is 0 Å². The molecular formula is C17H25N4O3S. The first-order valence-electron chi connectivity index (χ1n) is 8.55. The van der Waals surface area contributed by atoms with E-state index in [9.17, 15) is 13.2 Å². The molecule has 1 aromatic rings. The fraction of sp³-hybridized carbons (Fsp3) is 0.529. The number of rotatable bonds is 5. The van der Waals surface area contributed by atoms with E-state index in [4.69, 9.17) is 5.73 Å². The Morgan fingerprint density at radius 3 is 2.52 bits per heavy atom. The average Bonchev–Trinajstić information content (AvgIpc) is 3.04. The second kappa shape index (κ2) is 7.21. The van der Waals surface area contributed by atoms with Crippen LogP contribution >= 0.6 is 0 Å². The Kier molecular flexibility index (Phi) is 5.19. The third-order valence-electron chi connectivity index (χ3n) is 4.90. The van der Waals surface area contributed by atoms with Crippen LogP contribution in [-0.2, 0) is 14.8 Å². The van der Waals surface area contributed by atoms with E-state index in [-0.39, 0.29) is 11.9 Å². The number of anilines is 2. The molecule has 1 amide bonds. The monoisotopic (exact) mass is 365 g/mol. The summed E-state index contributed by atoms with van der Waals surface area (Å²) in [6.07, 6.45) is 5.90. The number of carbonyl (C=O) groups is 1. The fourth-order valence-electron chi connectivity index (χ4n) is 3.82. The molecular weight excluding hydrogens is 340 g/mol. The van der Waals surface area contributed by atoms with Gasteiger partial charge in [-0.2, -0.15) is 0 Å². The summed E-state index contributed by atoms with van der Waals surface area (Å²) >= 11 is 0. The van der Waals surface area contributed by atoms with Gasteiger partial charge in [-0.3, -0.25) is 14.4 Å². The molecule has 0 aliphatic carbocycles. The molecule has 0 saturated carbocycles. The van der Waals surface area contributed by atoms with Crippen LogP contribution in [0.2, 0.25) is 0 Å². The highest BCUT2D eigenvalue weighted by molar-refractivity contribution is 7.92. The van der Waals surface area contributed by atoms with Crippen molar-refractivity contribution >= 4 is 27.3 Å². The molecule has 2 saturated heterocycles. The zero-order valence-corrected chi connectivity index (χ0v) is 15.2. The molecule has 1 radical (unpaired) electrons. The standard InChI is InChI=1S/C17H25N4O3S/c1-25(23,24)19-14-5-2-3-6-15(14)20-11-8-13(9-12-20)21-10-4-7-16(21)17(18)22/h2-3,5-7,13,16,19H,4,8-12H2,1H3,(H2,18,22). The molecule has 8 heteroatoms. The predicted molar refractivity (Wildman–Crippen MR) is 98.7 cm³/mol. The van der Waals surface area contributed by atoms with E-state index >= 15 is 0 Å². The Labute approximate surface area is 149 Å². The Morgan fingerprint density at radius 1 is 1.20 bits per heavy atom. The molecule has 2 aliphatic heterocycles. The number of primary amides is 1. The van der Waals surface area contributed by atoms with Gasteiger partial charge in [0.15, 0.2) is 0 Å². The minimum absolute atomic E-state index is 0.254. The van der Waals surface area contributed by atoms with Crippen LogP contribution in [0, 0.1) is 6.42 Å². The molecule has 0 spiro atoms. The highest BCUT2D eigenvalue weighted by atomic mass is 32.2. The van der Waals surface area contributed by atoms with Gasteiger partial charge < -0.3 is 10.6 Å². The molecule has 25 heavy (non-hydrogen) atoms. The Balaban J connectivity index is 1.68. The molecule has 0 aromatic heterocycles. The average molecular weight is 365 g/mol. The molecule has 3 rings (SSSR count). The van der Waals surface area contributed by atoms with Crippen molar-refractivity contribution in [1.82, 2.24) is 4.90 Å². The molecule has 7 nitrogen and oxygen atoms in total. The van der Waals surface area contributed by atoms with Gasteiger partial charge in [-0.25, -0.2) is 8.42 Å². The summed E-state index contributed by atoms with van der Waals surface area (Å²) in [5.74, 6) is -0.275. The van der Waals surface area contributed by atoms with Gasteiger partial charge in [0, 0.05) is 19.1 Å². The number of para-hydroxylation sites is 2. The van der Waals surface area contributed by atoms with Crippen molar-refractivity contribution < 1.29 is 13.2 Å². The molecule has 2 aliphatic rings. The van der Waals surface area contributed by atoms with E-state index in [0.717, 1.165) is 50.8 Å². The SMILES string of the molecule is CS(=O)(=O)Nc1ccccc1N1CCC(N2CC[CH]C2C(N)=O)CC1. The minimum atomic E-state index is -3.32. The summed E-state index contributed by atoms with van der Waals surface area (Å²) < 4.78 is 25.7. The Morgan fingerprint density at radius 2 is 1.88 bits per heavy atom. The van der Waals surface area contributed by atoms with E-state index < -0.39 is 10.0 Å². The first kappa shape index (κ1) is 18.0.